The third kappa shape index (κ3) is 3.40. The molecule has 0 saturated carbocycles. The van der Waals surface area contributed by atoms with E-state index in [-0.39, 0.29) is 23.1 Å². The van der Waals surface area contributed by atoms with Gasteiger partial charge in [0.2, 0.25) is 5.88 Å². The zero-order chi connectivity index (χ0) is 17.9. The average Bonchev–Trinajstić information content (AvgIpc) is 2.88. The molecule has 0 aromatic carbocycles. The van der Waals surface area contributed by atoms with Crippen LogP contribution in [0.2, 0.25) is 0 Å². The lowest BCUT2D eigenvalue weighted by Crippen LogP contribution is -2.17. The molecule has 0 radical (unpaired) electrons. The molecule has 0 aliphatic rings. The fraction of sp³-hybridized carbons (Fsp3) is 0.462. The molecular formula is C13H16FN5O5. The first-order chi connectivity index (χ1) is 11.4. The number of aliphatic hydroxyl groups is 1. The van der Waals surface area contributed by atoms with Gasteiger partial charge in [0.1, 0.15) is 23.8 Å². The number of rotatable bonds is 7. The van der Waals surface area contributed by atoms with Gasteiger partial charge in [0.05, 0.1) is 24.8 Å². The lowest BCUT2D eigenvalue weighted by Gasteiger charge is -2.08. The first-order valence-electron chi connectivity index (χ1n) is 6.88. The fourth-order valence-electron chi connectivity index (χ4n) is 1.97. The van der Waals surface area contributed by atoms with Crippen LogP contribution in [0.25, 0.3) is 5.69 Å². The van der Waals surface area contributed by atoms with Crippen molar-refractivity contribution >= 4 is 5.69 Å². The number of alkyl halides is 1. The van der Waals surface area contributed by atoms with E-state index in [9.17, 15) is 14.5 Å². The van der Waals surface area contributed by atoms with E-state index in [1.165, 1.54) is 24.9 Å². The van der Waals surface area contributed by atoms with E-state index in [1.54, 1.807) is 6.92 Å². The monoisotopic (exact) mass is 341 g/mol. The van der Waals surface area contributed by atoms with Crippen LogP contribution in [-0.4, -0.2) is 56.3 Å². The van der Waals surface area contributed by atoms with Crippen molar-refractivity contribution in [1.82, 2.24) is 19.7 Å². The Bertz CT molecular complexity index is 751. The molecule has 0 aliphatic carbocycles. The standard InChI is InChI=1S/C13H16FN5O5/c1-7-11(19(21)22)13(24-6-9(14)5-20)17-18(7)10-4-15-8(2)16-12(10)23-3/h4,9,20H,5-6H2,1-3H3/t9-/m0/s1. The van der Waals surface area contributed by atoms with Crippen LogP contribution >= 0.6 is 0 Å². The van der Waals surface area contributed by atoms with Crippen LogP contribution in [0.1, 0.15) is 11.5 Å². The summed E-state index contributed by atoms with van der Waals surface area (Å²) in [5.74, 6) is 0.263. The Morgan fingerprint density at radius 3 is 2.75 bits per heavy atom. The second-order valence-corrected chi connectivity index (χ2v) is 4.81. The predicted molar refractivity (Wildman–Crippen MR) is 79.3 cm³/mol. The third-order valence-corrected chi connectivity index (χ3v) is 3.11. The lowest BCUT2D eigenvalue weighted by atomic mass is 10.3. The van der Waals surface area contributed by atoms with E-state index >= 15 is 0 Å². The van der Waals surface area contributed by atoms with E-state index < -0.39 is 30.0 Å². The summed E-state index contributed by atoms with van der Waals surface area (Å²) in [6, 6.07) is 0. The van der Waals surface area contributed by atoms with Crippen LogP contribution in [0.5, 0.6) is 11.8 Å². The zero-order valence-corrected chi connectivity index (χ0v) is 13.3. The summed E-state index contributed by atoms with van der Waals surface area (Å²) in [6.07, 6.45) is -0.271. The Hall–Kier alpha value is -2.82. The highest BCUT2D eigenvalue weighted by Crippen LogP contribution is 2.33. The smallest absolute Gasteiger partial charge is 0.353 e. The van der Waals surface area contributed by atoms with Gasteiger partial charge in [-0.2, -0.15) is 4.98 Å². The highest BCUT2D eigenvalue weighted by atomic mass is 19.1. The maximum Gasteiger partial charge on any atom is 0.353 e. The number of halogens is 1. The van der Waals surface area contributed by atoms with Crippen molar-refractivity contribution in [3.63, 3.8) is 0 Å². The largest absolute Gasteiger partial charge is 0.479 e. The molecule has 0 saturated heterocycles. The van der Waals surface area contributed by atoms with Crippen molar-refractivity contribution in [2.75, 3.05) is 20.3 Å². The molecule has 0 spiro atoms. The molecule has 0 bridgehead atoms. The van der Waals surface area contributed by atoms with Crippen molar-refractivity contribution in [3.8, 4) is 17.4 Å². The van der Waals surface area contributed by atoms with Gasteiger partial charge >= 0.3 is 11.6 Å². The number of aliphatic hydroxyl groups excluding tert-OH is 1. The maximum absolute atomic E-state index is 13.1. The van der Waals surface area contributed by atoms with Gasteiger partial charge in [0.15, 0.2) is 6.17 Å². The van der Waals surface area contributed by atoms with E-state index in [0.717, 1.165) is 0 Å². The van der Waals surface area contributed by atoms with Crippen LogP contribution in [0.4, 0.5) is 10.1 Å². The molecule has 130 valence electrons. The predicted octanol–water partition coefficient (Wildman–Crippen LogP) is 0.905. The van der Waals surface area contributed by atoms with Crippen molar-refractivity contribution in [2.45, 2.75) is 20.0 Å². The number of ether oxygens (including phenoxy) is 2. The van der Waals surface area contributed by atoms with Crippen LogP contribution in [0, 0.1) is 24.0 Å². The quantitative estimate of drug-likeness (QED) is 0.582. The number of hydrogen-bond acceptors (Lipinski definition) is 8. The maximum atomic E-state index is 13.1. The number of aromatic nitrogens is 4. The van der Waals surface area contributed by atoms with Crippen molar-refractivity contribution in [2.24, 2.45) is 0 Å². The molecule has 10 nitrogen and oxygen atoms in total. The molecule has 1 N–H and O–H groups in total. The van der Waals surface area contributed by atoms with Crippen molar-refractivity contribution < 1.29 is 23.9 Å². The first kappa shape index (κ1) is 17.5. The van der Waals surface area contributed by atoms with Gasteiger partial charge in [-0.25, -0.2) is 14.1 Å². The van der Waals surface area contributed by atoms with Gasteiger partial charge in [-0.1, -0.05) is 0 Å². The van der Waals surface area contributed by atoms with E-state index in [4.69, 9.17) is 14.6 Å². The Labute approximate surface area is 136 Å². The minimum absolute atomic E-state index is 0.139. The third-order valence-electron chi connectivity index (χ3n) is 3.11. The van der Waals surface area contributed by atoms with Crippen LogP contribution in [-0.2, 0) is 0 Å². The highest BCUT2D eigenvalue weighted by Gasteiger charge is 2.29. The Kier molecular flexibility index (Phi) is 5.24. The lowest BCUT2D eigenvalue weighted by molar-refractivity contribution is -0.386. The summed E-state index contributed by atoms with van der Waals surface area (Å²) in [5, 5.41) is 23.9. The molecule has 11 heteroatoms. The molecule has 0 aliphatic heterocycles. The van der Waals surface area contributed by atoms with E-state index in [2.05, 4.69) is 15.1 Å². The minimum atomic E-state index is -1.67. The molecule has 2 rings (SSSR count). The van der Waals surface area contributed by atoms with Crippen molar-refractivity contribution in [3.05, 3.63) is 27.8 Å². The number of nitro groups is 1. The molecule has 0 fully saturated rings. The van der Waals surface area contributed by atoms with Gasteiger partial charge in [-0.3, -0.25) is 10.1 Å². The minimum Gasteiger partial charge on any atom is -0.479 e. The summed E-state index contributed by atoms with van der Waals surface area (Å²) in [5.41, 5.74) is 0.000402. The average molecular weight is 341 g/mol. The summed E-state index contributed by atoms with van der Waals surface area (Å²) >= 11 is 0. The first-order valence-corrected chi connectivity index (χ1v) is 6.88. The zero-order valence-electron chi connectivity index (χ0n) is 13.3. The Balaban J connectivity index is 2.50. The Morgan fingerprint density at radius 1 is 1.46 bits per heavy atom. The molecular weight excluding hydrogens is 325 g/mol. The van der Waals surface area contributed by atoms with Gasteiger partial charge in [-0.05, 0) is 13.8 Å². The second-order valence-electron chi connectivity index (χ2n) is 4.81. The van der Waals surface area contributed by atoms with E-state index in [1.807, 2.05) is 0 Å². The summed E-state index contributed by atoms with van der Waals surface area (Å²) in [4.78, 5) is 18.7. The van der Waals surface area contributed by atoms with Crippen LogP contribution in [0.3, 0.4) is 0 Å². The van der Waals surface area contributed by atoms with Crippen molar-refractivity contribution in [1.29, 1.82) is 0 Å². The topological polar surface area (TPSA) is 125 Å². The number of aryl methyl sites for hydroxylation is 1. The van der Waals surface area contributed by atoms with Gasteiger partial charge in [-0.15, -0.1) is 5.10 Å². The SMILES string of the molecule is COc1nc(C)ncc1-n1nc(OC[C@@H](F)CO)c([N+](=O)[O-])c1C. The second kappa shape index (κ2) is 7.17. The summed E-state index contributed by atoms with van der Waals surface area (Å²) < 4.78 is 24.5. The van der Waals surface area contributed by atoms with Gasteiger partial charge < -0.3 is 14.6 Å². The molecule has 2 aromatic rings. The van der Waals surface area contributed by atoms with Crippen LogP contribution in [0.15, 0.2) is 6.20 Å². The molecule has 1 atom stereocenters. The fourth-order valence-corrected chi connectivity index (χ4v) is 1.97. The molecule has 0 amide bonds. The highest BCUT2D eigenvalue weighted by molar-refractivity contribution is 5.51. The summed E-state index contributed by atoms with van der Waals surface area (Å²) in [6.45, 7) is 1.80. The molecule has 0 unspecified atom stereocenters. The molecule has 2 heterocycles. The normalized spacial score (nSPS) is 12.0. The molecule has 2 aromatic heterocycles. The number of methoxy groups -OCH3 is 1. The van der Waals surface area contributed by atoms with Crippen LogP contribution < -0.4 is 9.47 Å². The summed E-state index contributed by atoms with van der Waals surface area (Å²) in [7, 11) is 1.39. The number of nitrogens with zero attached hydrogens (tertiary/aromatic N) is 5. The molecule has 24 heavy (non-hydrogen) atoms. The van der Waals surface area contributed by atoms with E-state index in [0.29, 0.717) is 5.82 Å². The van der Waals surface area contributed by atoms with Gasteiger partial charge in [0.25, 0.3) is 0 Å². The van der Waals surface area contributed by atoms with Gasteiger partial charge in [0, 0.05) is 0 Å². The Morgan fingerprint density at radius 2 is 2.17 bits per heavy atom. The number of hydrogen-bond donors (Lipinski definition) is 1.